The lowest BCUT2D eigenvalue weighted by Crippen LogP contribution is -2.46. The molecular weight excluding hydrogens is 358 g/mol. The number of nitrogens with one attached hydrogen (secondary N) is 1. The molecule has 146 valence electrons. The topological polar surface area (TPSA) is 93.3 Å². The number of amides is 2. The van der Waals surface area contributed by atoms with E-state index in [1.807, 2.05) is 27.0 Å². The molecule has 0 aliphatic carbocycles. The Hall–Kier alpha value is -3.16. The largest absolute Gasteiger partial charge is 0.472 e. The predicted molar refractivity (Wildman–Crippen MR) is 103 cm³/mol. The predicted octanol–water partition coefficient (Wildman–Crippen LogP) is 2.21. The van der Waals surface area contributed by atoms with E-state index in [1.165, 1.54) is 12.5 Å². The van der Waals surface area contributed by atoms with E-state index in [0.717, 1.165) is 16.8 Å². The molecule has 1 aliphatic heterocycles. The van der Waals surface area contributed by atoms with Crippen LogP contribution >= 0.6 is 0 Å². The van der Waals surface area contributed by atoms with Crippen LogP contribution < -0.4 is 5.32 Å². The summed E-state index contributed by atoms with van der Waals surface area (Å²) >= 11 is 0. The molecule has 0 aromatic carbocycles. The Morgan fingerprint density at radius 3 is 2.68 bits per heavy atom. The summed E-state index contributed by atoms with van der Waals surface area (Å²) in [5, 5.41) is 8.31. The Bertz CT molecular complexity index is 1030. The van der Waals surface area contributed by atoms with Crippen LogP contribution in [0.1, 0.15) is 44.9 Å². The molecule has 1 fully saturated rings. The molecule has 3 aromatic heterocycles. The molecule has 28 heavy (non-hydrogen) atoms. The van der Waals surface area contributed by atoms with Crippen molar-refractivity contribution in [3.63, 3.8) is 0 Å². The van der Waals surface area contributed by atoms with Gasteiger partial charge in [0.05, 0.1) is 28.5 Å². The summed E-state index contributed by atoms with van der Waals surface area (Å²) < 4.78 is 6.69. The second-order valence-electron chi connectivity index (χ2n) is 7.27. The van der Waals surface area contributed by atoms with Crippen LogP contribution in [0.15, 0.2) is 29.1 Å². The first-order valence-electron chi connectivity index (χ1n) is 9.37. The normalized spacial score (nSPS) is 15.2. The molecule has 0 bridgehead atoms. The maximum atomic E-state index is 13.0. The lowest BCUT2D eigenvalue weighted by Gasteiger charge is -2.32. The number of aromatic nitrogens is 3. The number of hydrogen-bond acceptors (Lipinski definition) is 5. The zero-order valence-corrected chi connectivity index (χ0v) is 16.2. The molecule has 0 radical (unpaired) electrons. The number of piperidine rings is 1. The highest BCUT2D eigenvalue weighted by atomic mass is 16.3. The molecule has 4 heterocycles. The van der Waals surface area contributed by atoms with Gasteiger partial charge >= 0.3 is 0 Å². The van der Waals surface area contributed by atoms with Crippen LogP contribution in [0, 0.1) is 13.8 Å². The highest BCUT2D eigenvalue weighted by Crippen LogP contribution is 2.22. The first-order valence-corrected chi connectivity index (χ1v) is 9.37. The standard InChI is InChI=1S/C20H23N5O3/c1-12-10-16(17-13(2)23-24(3)18(17)21-12)19(26)22-15-4-7-25(8-5-15)20(27)14-6-9-28-11-14/h6,9-11,15H,4-5,7-8H2,1-3H3,(H,22,26). The number of fused-ring (bicyclic) bond motifs is 1. The Labute approximate surface area is 162 Å². The highest BCUT2D eigenvalue weighted by Gasteiger charge is 2.26. The van der Waals surface area contributed by atoms with Crippen molar-refractivity contribution in [1.29, 1.82) is 0 Å². The maximum Gasteiger partial charge on any atom is 0.257 e. The van der Waals surface area contributed by atoms with E-state index < -0.39 is 0 Å². The summed E-state index contributed by atoms with van der Waals surface area (Å²) in [6.07, 6.45) is 4.39. The van der Waals surface area contributed by atoms with Gasteiger partial charge in [-0.25, -0.2) is 4.98 Å². The zero-order chi connectivity index (χ0) is 19.8. The van der Waals surface area contributed by atoms with Crippen molar-refractivity contribution in [1.82, 2.24) is 25.0 Å². The highest BCUT2D eigenvalue weighted by molar-refractivity contribution is 6.06. The third-order valence-corrected chi connectivity index (χ3v) is 5.23. The van der Waals surface area contributed by atoms with Crippen molar-refractivity contribution in [3.05, 3.63) is 47.2 Å². The van der Waals surface area contributed by atoms with Gasteiger partial charge < -0.3 is 14.6 Å². The summed E-state index contributed by atoms with van der Waals surface area (Å²) in [6.45, 7) is 4.96. The number of rotatable bonds is 3. The number of pyridine rings is 1. The fraction of sp³-hybridized carbons (Fsp3) is 0.400. The average molecular weight is 381 g/mol. The number of likely N-dealkylation sites (tertiary alicyclic amines) is 1. The number of carbonyl (C=O) groups is 2. The third kappa shape index (κ3) is 3.26. The first-order chi connectivity index (χ1) is 13.4. The first kappa shape index (κ1) is 18.2. The SMILES string of the molecule is Cc1cc(C(=O)NC2CCN(C(=O)c3ccoc3)CC2)c2c(C)nn(C)c2n1. The lowest BCUT2D eigenvalue weighted by molar-refractivity contribution is 0.0697. The fourth-order valence-corrected chi connectivity index (χ4v) is 3.81. The summed E-state index contributed by atoms with van der Waals surface area (Å²) in [5.41, 5.74) is 3.44. The number of furan rings is 1. The van der Waals surface area contributed by atoms with E-state index in [1.54, 1.807) is 15.6 Å². The molecular formula is C20H23N5O3. The third-order valence-electron chi connectivity index (χ3n) is 5.23. The van der Waals surface area contributed by atoms with E-state index in [-0.39, 0.29) is 17.9 Å². The van der Waals surface area contributed by atoms with Gasteiger partial charge in [-0.3, -0.25) is 14.3 Å². The molecule has 4 rings (SSSR count). The van der Waals surface area contributed by atoms with E-state index in [0.29, 0.717) is 42.7 Å². The van der Waals surface area contributed by atoms with E-state index in [2.05, 4.69) is 15.4 Å². The molecule has 0 saturated carbocycles. The van der Waals surface area contributed by atoms with Crippen LogP contribution in [0.25, 0.3) is 11.0 Å². The van der Waals surface area contributed by atoms with Gasteiger partial charge in [-0.05, 0) is 38.8 Å². The number of aryl methyl sites for hydroxylation is 3. The lowest BCUT2D eigenvalue weighted by atomic mass is 10.0. The molecule has 0 unspecified atom stereocenters. The summed E-state index contributed by atoms with van der Waals surface area (Å²) in [6, 6.07) is 3.51. The van der Waals surface area contributed by atoms with Crippen molar-refractivity contribution in [2.24, 2.45) is 7.05 Å². The molecule has 8 heteroatoms. The number of hydrogen-bond donors (Lipinski definition) is 1. The fourth-order valence-electron chi connectivity index (χ4n) is 3.81. The van der Waals surface area contributed by atoms with Gasteiger partial charge in [0.2, 0.25) is 0 Å². The average Bonchev–Trinajstić information content (AvgIpc) is 3.30. The Kier molecular flexibility index (Phi) is 4.62. The van der Waals surface area contributed by atoms with Crippen molar-refractivity contribution in [2.75, 3.05) is 13.1 Å². The minimum absolute atomic E-state index is 0.0291. The molecule has 2 amide bonds. The summed E-state index contributed by atoms with van der Waals surface area (Å²) in [7, 11) is 1.83. The van der Waals surface area contributed by atoms with Gasteiger partial charge in [-0.1, -0.05) is 0 Å². The second-order valence-corrected chi connectivity index (χ2v) is 7.27. The molecule has 8 nitrogen and oxygen atoms in total. The van der Waals surface area contributed by atoms with Gasteiger partial charge in [-0.15, -0.1) is 0 Å². The van der Waals surface area contributed by atoms with Crippen LogP contribution in [0.3, 0.4) is 0 Å². The maximum absolute atomic E-state index is 13.0. The van der Waals surface area contributed by atoms with Gasteiger partial charge in [0.25, 0.3) is 11.8 Å². The Balaban J connectivity index is 1.46. The molecule has 1 N–H and O–H groups in total. The summed E-state index contributed by atoms with van der Waals surface area (Å²) in [4.78, 5) is 31.7. The van der Waals surface area contributed by atoms with Crippen molar-refractivity contribution in [3.8, 4) is 0 Å². The van der Waals surface area contributed by atoms with Crippen LogP contribution in [0.4, 0.5) is 0 Å². The van der Waals surface area contributed by atoms with Crippen LogP contribution in [0.5, 0.6) is 0 Å². The molecule has 1 saturated heterocycles. The minimum Gasteiger partial charge on any atom is -0.472 e. The number of carbonyl (C=O) groups excluding carboxylic acids is 2. The molecule has 0 atom stereocenters. The van der Waals surface area contributed by atoms with Gasteiger partial charge in [-0.2, -0.15) is 5.10 Å². The molecule has 3 aromatic rings. The smallest absolute Gasteiger partial charge is 0.257 e. The zero-order valence-electron chi connectivity index (χ0n) is 16.2. The van der Waals surface area contributed by atoms with Crippen molar-refractivity contribution >= 4 is 22.8 Å². The van der Waals surface area contributed by atoms with Crippen molar-refractivity contribution < 1.29 is 14.0 Å². The summed E-state index contributed by atoms with van der Waals surface area (Å²) in [5.74, 6) is -0.151. The van der Waals surface area contributed by atoms with Crippen LogP contribution in [0.2, 0.25) is 0 Å². The van der Waals surface area contributed by atoms with Crippen LogP contribution in [-0.2, 0) is 7.05 Å². The van der Waals surface area contributed by atoms with E-state index >= 15 is 0 Å². The monoisotopic (exact) mass is 381 g/mol. The Morgan fingerprint density at radius 1 is 1.25 bits per heavy atom. The number of nitrogens with zero attached hydrogens (tertiary/aromatic N) is 4. The van der Waals surface area contributed by atoms with E-state index in [4.69, 9.17) is 4.42 Å². The molecule has 1 aliphatic rings. The van der Waals surface area contributed by atoms with Crippen LogP contribution in [-0.4, -0.2) is 50.6 Å². The quantitative estimate of drug-likeness (QED) is 0.751. The van der Waals surface area contributed by atoms with E-state index in [9.17, 15) is 9.59 Å². The van der Waals surface area contributed by atoms with Gasteiger partial charge in [0.1, 0.15) is 6.26 Å². The minimum atomic E-state index is -0.119. The molecule has 0 spiro atoms. The van der Waals surface area contributed by atoms with Crippen molar-refractivity contribution in [2.45, 2.75) is 32.7 Å². The second kappa shape index (κ2) is 7.10. The van der Waals surface area contributed by atoms with Gasteiger partial charge in [0.15, 0.2) is 5.65 Å². The Morgan fingerprint density at radius 2 is 2.00 bits per heavy atom. The van der Waals surface area contributed by atoms with Gasteiger partial charge in [0, 0.05) is 31.9 Å².